The first-order chi connectivity index (χ1) is 6.70. The van der Waals surface area contributed by atoms with Crippen LogP contribution in [0.5, 0.6) is 0 Å². The van der Waals surface area contributed by atoms with Crippen molar-refractivity contribution in [1.29, 1.82) is 0 Å². The number of rotatable bonds is 2. The molecule has 1 aliphatic heterocycles. The van der Waals surface area contributed by atoms with Crippen LogP contribution in [0.4, 0.5) is 10.1 Å². The van der Waals surface area contributed by atoms with Crippen molar-refractivity contribution in [2.24, 2.45) is 5.73 Å². The summed E-state index contributed by atoms with van der Waals surface area (Å²) in [6, 6.07) is 4.50. The Balaban J connectivity index is 2.17. The normalized spacial score (nSPS) is 21.5. The lowest BCUT2D eigenvalue weighted by Gasteiger charge is -2.16. The van der Waals surface area contributed by atoms with Crippen LogP contribution in [0.15, 0.2) is 18.2 Å². The molecule has 14 heavy (non-hydrogen) atoms. The van der Waals surface area contributed by atoms with Gasteiger partial charge >= 0.3 is 0 Å². The van der Waals surface area contributed by atoms with E-state index in [1.807, 2.05) is 0 Å². The number of aliphatic hydroxyl groups is 1. The largest absolute Gasteiger partial charge is 0.390 e. The van der Waals surface area contributed by atoms with Gasteiger partial charge in [0.25, 0.3) is 0 Å². The maximum Gasteiger partial charge on any atom is 0.123 e. The summed E-state index contributed by atoms with van der Waals surface area (Å²) in [7, 11) is 0. The van der Waals surface area contributed by atoms with E-state index >= 15 is 0 Å². The molecule has 1 aromatic rings. The SMILES string of the molecule is NCC(O)C1Cc2cc(F)ccc2N1. The maximum absolute atomic E-state index is 12.9. The smallest absolute Gasteiger partial charge is 0.123 e. The number of anilines is 1. The van der Waals surface area contributed by atoms with Gasteiger partial charge in [-0.25, -0.2) is 4.39 Å². The van der Waals surface area contributed by atoms with E-state index in [1.165, 1.54) is 12.1 Å². The molecule has 76 valence electrons. The van der Waals surface area contributed by atoms with E-state index in [2.05, 4.69) is 5.32 Å². The molecule has 0 saturated heterocycles. The predicted octanol–water partition coefficient (Wildman–Crippen LogP) is 0.482. The Morgan fingerprint density at radius 1 is 1.64 bits per heavy atom. The molecule has 0 spiro atoms. The number of aliphatic hydroxyl groups excluding tert-OH is 1. The van der Waals surface area contributed by atoms with Crippen molar-refractivity contribution in [3.05, 3.63) is 29.6 Å². The van der Waals surface area contributed by atoms with Crippen LogP contribution < -0.4 is 11.1 Å². The lowest BCUT2D eigenvalue weighted by molar-refractivity contribution is 0.162. The van der Waals surface area contributed by atoms with Crippen LogP contribution in [0.1, 0.15) is 5.56 Å². The first kappa shape index (κ1) is 9.43. The Bertz CT molecular complexity index is 343. The standard InChI is InChI=1S/C10H13FN2O/c11-7-1-2-8-6(3-7)4-9(13-8)10(14)5-12/h1-3,9-10,13-14H,4-5,12H2. The number of hydrogen-bond donors (Lipinski definition) is 3. The molecule has 0 aromatic heterocycles. The summed E-state index contributed by atoms with van der Waals surface area (Å²) < 4.78 is 12.9. The predicted molar refractivity (Wildman–Crippen MR) is 52.6 cm³/mol. The molecule has 3 nitrogen and oxygen atoms in total. The molecule has 0 aliphatic carbocycles. The third-order valence-corrected chi connectivity index (χ3v) is 2.55. The van der Waals surface area contributed by atoms with E-state index in [0.29, 0.717) is 6.42 Å². The van der Waals surface area contributed by atoms with Gasteiger partial charge in [-0.05, 0) is 30.2 Å². The van der Waals surface area contributed by atoms with Gasteiger partial charge in [-0.15, -0.1) is 0 Å². The second-order valence-electron chi connectivity index (χ2n) is 3.56. The first-order valence-corrected chi connectivity index (χ1v) is 4.64. The fourth-order valence-electron chi connectivity index (χ4n) is 1.76. The zero-order chi connectivity index (χ0) is 10.1. The van der Waals surface area contributed by atoms with Crippen LogP contribution in [0.25, 0.3) is 0 Å². The average Bonchev–Trinajstić information content (AvgIpc) is 2.59. The second kappa shape index (κ2) is 3.55. The Hall–Kier alpha value is -1.13. The summed E-state index contributed by atoms with van der Waals surface area (Å²) in [5.41, 5.74) is 7.15. The average molecular weight is 196 g/mol. The number of nitrogens with one attached hydrogen (secondary N) is 1. The van der Waals surface area contributed by atoms with E-state index in [1.54, 1.807) is 6.07 Å². The zero-order valence-corrected chi connectivity index (χ0v) is 7.70. The van der Waals surface area contributed by atoms with Crippen LogP contribution in [0, 0.1) is 5.82 Å². The summed E-state index contributed by atoms with van der Waals surface area (Å²) in [6.07, 6.45) is 0.0521. The number of fused-ring (bicyclic) bond motifs is 1. The van der Waals surface area contributed by atoms with Gasteiger partial charge in [-0.1, -0.05) is 0 Å². The fraction of sp³-hybridized carbons (Fsp3) is 0.400. The minimum absolute atomic E-state index is 0.0863. The number of halogens is 1. The van der Waals surface area contributed by atoms with Crippen LogP contribution >= 0.6 is 0 Å². The Kier molecular flexibility index (Phi) is 2.39. The summed E-state index contributed by atoms with van der Waals surface area (Å²) in [5.74, 6) is -0.242. The molecule has 0 bridgehead atoms. The van der Waals surface area contributed by atoms with E-state index in [9.17, 15) is 9.50 Å². The Labute approximate surface area is 81.7 Å². The van der Waals surface area contributed by atoms with Gasteiger partial charge in [0.2, 0.25) is 0 Å². The molecular weight excluding hydrogens is 183 g/mol. The first-order valence-electron chi connectivity index (χ1n) is 4.64. The highest BCUT2D eigenvalue weighted by atomic mass is 19.1. The summed E-state index contributed by atoms with van der Waals surface area (Å²) in [6.45, 7) is 0.216. The molecule has 1 heterocycles. The molecular formula is C10H13FN2O. The Morgan fingerprint density at radius 3 is 3.14 bits per heavy atom. The van der Waals surface area contributed by atoms with E-state index in [-0.39, 0.29) is 18.4 Å². The van der Waals surface area contributed by atoms with Crippen molar-refractivity contribution < 1.29 is 9.50 Å². The molecule has 2 rings (SSSR count). The molecule has 2 atom stereocenters. The monoisotopic (exact) mass is 196 g/mol. The highest BCUT2D eigenvalue weighted by Gasteiger charge is 2.25. The van der Waals surface area contributed by atoms with Crippen molar-refractivity contribution in [2.45, 2.75) is 18.6 Å². The topological polar surface area (TPSA) is 58.3 Å². The van der Waals surface area contributed by atoms with E-state index in [0.717, 1.165) is 11.3 Å². The summed E-state index contributed by atoms with van der Waals surface area (Å²) in [5, 5.41) is 12.6. The number of nitrogens with two attached hydrogens (primary N) is 1. The number of hydrogen-bond acceptors (Lipinski definition) is 3. The van der Waals surface area contributed by atoms with Crippen molar-refractivity contribution in [3.63, 3.8) is 0 Å². The van der Waals surface area contributed by atoms with Gasteiger partial charge in [0, 0.05) is 12.2 Å². The lowest BCUT2D eigenvalue weighted by Crippen LogP contribution is -2.37. The molecule has 1 aromatic carbocycles. The van der Waals surface area contributed by atoms with Gasteiger partial charge in [0.15, 0.2) is 0 Å². The molecule has 4 heteroatoms. The quantitative estimate of drug-likeness (QED) is 0.645. The maximum atomic E-state index is 12.9. The number of benzene rings is 1. The van der Waals surface area contributed by atoms with E-state index < -0.39 is 6.10 Å². The third-order valence-electron chi connectivity index (χ3n) is 2.55. The minimum atomic E-state index is -0.578. The highest BCUT2D eigenvalue weighted by molar-refractivity contribution is 5.57. The van der Waals surface area contributed by atoms with Gasteiger partial charge in [0.1, 0.15) is 5.82 Å². The summed E-state index contributed by atoms with van der Waals surface area (Å²) >= 11 is 0. The molecule has 2 unspecified atom stereocenters. The highest BCUT2D eigenvalue weighted by Crippen LogP contribution is 2.27. The van der Waals surface area contributed by atoms with Gasteiger partial charge in [-0.2, -0.15) is 0 Å². The molecule has 0 amide bonds. The van der Waals surface area contributed by atoms with E-state index in [4.69, 9.17) is 5.73 Å². The molecule has 4 N–H and O–H groups in total. The third kappa shape index (κ3) is 1.58. The van der Waals surface area contributed by atoms with Crippen LogP contribution in [-0.2, 0) is 6.42 Å². The molecule has 1 aliphatic rings. The van der Waals surface area contributed by atoms with Gasteiger partial charge < -0.3 is 16.2 Å². The van der Waals surface area contributed by atoms with Gasteiger partial charge in [-0.3, -0.25) is 0 Å². The fourth-order valence-corrected chi connectivity index (χ4v) is 1.76. The summed E-state index contributed by atoms with van der Waals surface area (Å²) in [4.78, 5) is 0. The second-order valence-corrected chi connectivity index (χ2v) is 3.56. The van der Waals surface area contributed by atoms with Crippen LogP contribution in [-0.4, -0.2) is 23.8 Å². The zero-order valence-electron chi connectivity index (χ0n) is 7.70. The minimum Gasteiger partial charge on any atom is -0.390 e. The van der Waals surface area contributed by atoms with Crippen LogP contribution in [0.3, 0.4) is 0 Å². The molecule has 0 radical (unpaired) electrons. The van der Waals surface area contributed by atoms with Crippen molar-refractivity contribution in [2.75, 3.05) is 11.9 Å². The molecule has 0 fully saturated rings. The van der Waals surface area contributed by atoms with Crippen molar-refractivity contribution in [3.8, 4) is 0 Å². The Morgan fingerprint density at radius 2 is 2.43 bits per heavy atom. The lowest BCUT2D eigenvalue weighted by atomic mass is 10.1. The van der Waals surface area contributed by atoms with Gasteiger partial charge in [0.05, 0.1) is 12.1 Å². The van der Waals surface area contributed by atoms with Crippen molar-refractivity contribution >= 4 is 5.69 Å². The van der Waals surface area contributed by atoms with Crippen LogP contribution in [0.2, 0.25) is 0 Å². The molecule has 0 saturated carbocycles. The van der Waals surface area contributed by atoms with Crippen molar-refractivity contribution in [1.82, 2.24) is 0 Å².